The topological polar surface area (TPSA) is 30.0 Å². The molecular formula is C11H9NOS. The Hall–Kier alpha value is -1.48. The molecule has 0 amide bonds. The second-order valence-electron chi connectivity index (χ2n) is 3.10. The number of carbonyl (C=O) groups is 1. The van der Waals surface area contributed by atoms with E-state index in [0.717, 1.165) is 16.7 Å². The Morgan fingerprint density at radius 3 is 2.57 bits per heavy atom. The molecule has 2 rings (SSSR count). The molecule has 0 aliphatic carbocycles. The first kappa shape index (κ1) is 9.09. The van der Waals surface area contributed by atoms with E-state index in [1.54, 1.807) is 0 Å². The number of hydrogen-bond donors (Lipinski definition) is 0. The number of rotatable bonds is 2. The zero-order valence-corrected chi connectivity index (χ0v) is 8.54. The fraction of sp³-hybridized carbons (Fsp3) is 0.0909. The van der Waals surface area contributed by atoms with Gasteiger partial charge in [-0.1, -0.05) is 29.8 Å². The molecule has 0 saturated heterocycles. The van der Waals surface area contributed by atoms with Crippen molar-refractivity contribution >= 4 is 17.8 Å². The molecule has 0 radical (unpaired) electrons. The van der Waals surface area contributed by atoms with E-state index in [4.69, 9.17) is 0 Å². The van der Waals surface area contributed by atoms with Gasteiger partial charge in [-0.2, -0.15) is 4.37 Å². The number of aryl methyl sites for hydroxylation is 1. The summed E-state index contributed by atoms with van der Waals surface area (Å²) in [4.78, 5) is 11.5. The number of aromatic nitrogens is 1. The van der Waals surface area contributed by atoms with E-state index in [1.165, 1.54) is 17.1 Å². The maximum absolute atomic E-state index is 10.4. The molecule has 70 valence electrons. The van der Waals surface area contributed by atoms with E-state index in [1.807, 2.05) is 25.1 Å². The van der Waals surface area contributed by atoms with Gasteiger partial charge in [0.15, 0.2) is 6.29 Å². The van der Waals surface area contributed by atoms with Crippen LogP contribution in [0.3, 0.4) is 0 Å². The second-order valence-corrected chi connectivity index (χ2v) is 3.90. The SMILES string of the molecule is Cc1ccc(-c2cc(C=O)ns2)cc1. The van der Waals surface area contributed by atoms with Crippen molar-refractivity contribution in [2.75, 3.05) is 0 Å². The van der Waals surface area contributed by atoms with Crippen LogP contribution in [0.15, 0.2) is 30.3 Å². The first-order valence-electron chi connectivity index (χ1n) is 4.28. The van der Waals surface area contributed by atoms with Crippen molar-refractivity contribution in [3.8, 4) is 10.4 Å². The van der Waals surface area contributed by atoms with E-state index in [9.17, 15) is 4.79 Å². The van der Waals surface area contributed by atoms with Gasteiger partial charge >= 0.3 is 0 Å². The first-order chi connectivity index (χ1) is 6.79. The van der Waals surface area contributed by atoms with Crippen LogP contribution in [0.4, 0.5) is 0 Å². The van der Waals surface area contributed by atoms with E-state index >= 15 is 0 Å². The Labute approximate surface area is 86.4 Å². The van der Waals surface area contributed by atoms with Gasteiger partial charge in [-0.05, 0) is 30.1 Å². The molecular weight excluding hydrogens is 194 g/mol. The zero-order valence-electron chi connectivity index (χ0n) is 7.73. The molecule has 3 heteroatoms. The predicted molar refractivity (Wildman–Crippen MR) is 57.7 cm³/mol. The van der Waals surface area contributed by atoms with Crippen molar-refractivity contribution in [2.24, 2.45) is 0 Å². The largest absolute Gasteiger partial charge is 0.296 e. The van der Waals surface area contributed by atoms with Crippen LogP contribution in [0.2, 0.25) is 0 Å². The number of aldehydes is 1. The van der Waals surface area contributed by atoms with Gasteiger partial charge in [0.2, 0.25) is 0 Å². The smallest absolute Gasteiger partial charge is 0.169 e. The van der Waals surface area contributed by atoms with Crippen molar-refractivity contribution in [3.05, 3.63) is 41.6 Å². The highest BCUT2D eigenvalue weighted by Gasteiger charge is 2.02. The molecule has 0 unspecified atom stereocenters. The van der Waals surface area contributed by atoms with Crippen LogP contribution in [0.5, 0.6) is 0 Å². The standard InChI is InChI=1S/C11H9NOS/c1-8-2-4-9(5-3-8)11-6-10(7-13)12-14-11/h2-7H,1H3. The molecule has 0 bridgehead atoms. The van der Waals surface area contributed by atoms with Gasteiger partial charge in [0.1, 0.15) is 5.69 Å². The zero-order chi connectivity index (χ0) is 9.97. The average molecular weight is 203 g/mol. The van der Waals surface area contributed by atoms with Crippen LogP contribution in [-0.2, 0) is 0 Å². The van der Waals surface area contributed by atoms with Gasteiger partial charge in [0.25, 0.3) is 0 Å². The number of hydrogen-bond acceptors (Lipinski definition) is 3. The van der Waals surface area contributed by atoms with Crippen molar-refractivity contribution in [2.45, 2.75) is 6.92 Å². The quantitative estimate of drug-likeness (QED) is 0.702. The third-order valence-corrected chi connectivity index (χ3v) is 2.84. The van der Waals surface area contributed by atoms with Crippen LogP contribution in [0.25, 0.3) is 10.4 Å². The minimum Gasteiger partial charge on any atom is -0.296 e. The lowest BCUT2D eigenvalue weighted by atomic mass is 10.1. The Bertz CT molecular complexity index is 445. The molecule has 0 atom stereocenters. The minimum atomic E-state index is 0.505. The van der Waals surface area contributed by atoms with Gasteiger partial charge in [0.05, 0.1) is 4.88 Å². The summed E-state index contributed by atoms with van der Waals surface area (Å²) in [6, 6.07) is 9.99. The van der Waals surface area contributed by atoms with E-state index in [0.29, 0.717) is 5.69 Å². The third kappa shape index (κ3) is 1.72. The number of nitrogens with zero attached hydrogens (tertiary/aromatic N) is 1. The highest BCUT2D eigenvalue weighted by Crippen LogP contribution is 2.24. The van der Waals surface area contributed by atoms with Crippen molar-refractivity contribution < 1.29 is 4.79 Å². The van der Waals surface area contributed by atoms with Crippen LogP contribution < -0.4 is 0 Å². The fourth-order valence-corrected chi connectivity index (χ4v) is 1.91. The normalized spacial score (nSPS) is 10.1. The summed E-state index contributed by atoms with van der Waals surface area (Å²) in [6.45, 7) is 2.05. The molecule has 1 aromatic heterocycles. The summed E-state index contributed by atoms with van der Waals surface area (Å²) in [6.07, 6.45) is 0.772. The molecule has 0 fully saturated rings. The lowest BCUT2D eigenvalue weighted by Crippen LogP contribution is -1.75. The molecule has 0 N–H and O–H groups in total. The molecule has 2 nitrogen and oxygen atoms in total. The van der Waals surface area contributed by atoms with Crippen molar-refractivity contribution in [3.63, 3.8) is 0 Å². The maximum Gasteiger partial charge on any atom is 0.169 e. The second kappa shape index (κ2) is 3.72. The van der Waals surface area contributed by atoms with Gasteiger partial charge in [-0.15, -0.1) is 0 Å². The summed E-state index contributed by atoms with van der Waals surface area (Å²) in [5.74, 6) is 0. The summed E-state index contributed by atoms with van der Waals surface area (Å²) in [5.41, 5.74) is 2.85. The molecule has 0 aliphatic heterocycles. The van der Waals surface area contributed by atoms with Crippen molar-refractivity contribution in [1.29, 1.82) is 0 Å². The lowest BCUT2D eigenvalue weighted by Gasteiger charge is -1.95. The Morgan fingerprint density at radius 2 is 2.00 bits per heavy atom. The fourth-order valence-electron chi connectivity index (χ4n) is 1.20. The molecule has 1 heterocycles. The summed E-state index contributed by atoms with van der Waals surface area (Å²) >= 11 is 1.35. The first-order valence-corrected chi connectivity index (χ1v) is 5.06. The van der Waals surface area contributed by atoms with Crippen molar-refractivity contribution in [1.82, 2.24) is 4.37 Å². The average Bonchev–Trinajstić information content (AvgIpc) is 2.67. The number of carbonyl (C=O) groups excluding carboxylic acids is 1. The number of benzene rings is 1. The Balaban J connectivity index is 2.39. The van der Waals surface area contributed by atoms with Crippen LogP contribution >= 0.6 is 11.5 Å². The predicted octanol–water partition coefficient (Wildman–Crippen LogP) is 2.93. The van der Waals surface area contributed by atoms with E-state index < -0.39 is 0 Å². The van der Waals surface area contributed by atoms with Gasteiger partial charge in [0, 0.05) is 0 Å². The summed E-state index contributed by atoms with van der Waals surface area (Å²) < 4.78 is 4.01. The molecule has 2 aromatic rings. The van der Waals surface area contributed by atoms with E-state index in [-0.39, 0.29) is 0 Å². The molecule has 0 saturated carbocycles. The molecule has 14 heavy (non-hydrogen) atoms. The highest BCUT2D eigenvalue weighted by atomic mass is 32.1. The summed E-state index contributed by atoms with van der Waals surface area (Å²) in [7, 11) is 0. The molecule has 1 aromatic carbocycles. The molecule has 0 aliphatic rings. The Morgan fingerprint density at radius 1 is 1.29 bits per heavy atom. The Kier molecular flexibility index (Phi) is 2.41. The monoisotopic (exact) mass is 203 g/mol. The van der Waals surface area contributed by atoms with Gasteiger partial charge in [-0.3, -0.25) is 4.79 Å². The van der Waals surface area contributed by atoms with Crippen LogP contribution in [0, 0.1) is 6.92 Å². The maximum atomic E-state index is 10.4. The van der Waals surface area contributed by atoms with Gasteiger partial charge < -0.3 is 0 Å². The third-order valence-electron chi connectivity index (χ3n) is 1.99. The molecule has 0 spiro atoms. The van der Waals surface area contributed by atoms with Crippen LogP contribution in [0.1, 0.15) is 16.1 Å². The van der Waals surface area contributed by atoms with Crippen LogP contribution in [-0.4, -0.2) is 10.7 Å². The summed E-state index contributed by atoms with van der Waals surface area (Å²) in [5, 5.41) is 0. The van der Waals surface area contributed by atoms with Gasteiger partial charge in [-0.25, -0.2) is 0 Å². The highest BCUT2D eigenvalue weighted by molar-refractivity contribution is 7.09. The lowest BCUT2D eigenvalue weighted by molar-refractivity contribution is 0.112. The minimum absolute atomic E-state index is 0.505. The van der Waals surface area contributed by atoms with E-state index in [2.05, 4.69) is 16.5 Å².